The average molecular weight is 240 g/mol. The molecule has 0 bridgehead atoms. The summed E-state index contributed by atoms with van der Waals surface area (Å²) in [6.45, 7) is 0.341. The van der Waals surface area contributed by atoms with Gasteiger partial charge in [-0.15, -0.1) is 0 Å². The third kappa shape index (κ3) is 8.43. The summed E-state index contributed by atoms with van der Waals surface area (Å²) in [5.41, 5.74) is 0. The van der Waals surface area contributed by atoms with Crippen molar-refractivity contribution in [2.45, 2.75) is 25.7 Å². The summed E-state index contributed by atoms with van der Waals surface area (Å²) in [4.78, 5) is 0. The average Bonchev–Trinajstić information content (AvgIpc) is 1.89. The Hall–Kier alpha value is 0.430. The van der Waals surface area contributed by atoms with Crippen molar-refractivity contribution in [3.63, 3.8) is 0 Å². The normalized spacial score (nSPS) is 10.9. The summed E-state index contributed by atoms with van der Waals surface area (Å²) in [5, 5.41) is 8.40. The van der Waals surface area contributed by atoms with E-state index in [0.29, 0.717) is 6.61 Å². The first-order valence-electron chi connectivity index (χ1n) is 3.28. The summed E-state index contributed by atoms with van der Waals surface area (Å²) < 4.78 is 2.04. The van der Waals surface area contributed by atoms with Crippen LogP contribution in [-0.2, 0) is 0 Å². The lowest BCUT2D eigenvalue weighted by molar-refractivity contribution is 0.283. The van der Waals surface area contributed by atoms with Crippen LogP contribution in [0.15, 0.2) is 10.2 Å². The summed E-state index contributed by atoms with van der Waals surface area (Å²) in [5.74, 6) is 0. The predicted molar refractivity (Wildman–Crippen MR) is 48.7 cm³/mol. The predicted octanol–water partition coefficient (Wildman–Crippen LogP) is 2.49. The molecule has 0 saturated heterocycles. The molecule has 0 aliphatic heterocycles. The standard InChI is InChI=1S/C7H13IO/c8-6-4-2-1-3-5-7-9/h4,6,9H,1-3,5,7H2/b6-4-. The molecule has 0 spiro atoms. The zero-order chi connectivity index (χ0) is 6.95. The molecule has 0 atom stereocenters. The van der Waals surface area contributed by atoms with Gasteiger partial charge in [0.25, 0.3) is 0 Å². The number of aliphatic hydroxyl groups excluding tert-OH is 1. The van der Waals surface area contributed by atoms with Crippen LogP contribution < -0.4 is 0 Å². The van der Waals surface area contributed by atoms with Crippen LogP contribution in [0.1, 0.15) is 25.7 Å². The summed E-state index contributed by atoms with van der Waals surface area (Å²) >= 11 is 2.22. The highest BCUT2D eigenvalue weighted by molar-refractivity contribution is 14.1. The molecule has 1 nitrogen and oxygen atoms in total. The first-order chi connectivity index (χ1) is 4.41. The second-order valence-electron chi connectivity index (χ2n) is 1.93. The molecule has 1 N–H and O–H groups in total. The van der Waals surface area contributed by atoms with Crippen LogP contribution in [0, 0.1) is 0 Å². The molecule has 0 aromatic heterocycles. The van der Waals surface area contributed by atoms with Crippen LogP contribution in [0.2, 0.25) is 0 Å². The van der Waals surface area contributed by atoms with Gasteiger partial charge < -0.3 is 5.11 Å². The number of halogens is 1. The van der Waals surface area contributed by atoms with Gasteiger partial charge in [0, 0.05) is 6.61 Å². The van der Waals surface area contributed by atoms with Gasteiger partial charge in [0.1, 0.15) is 0 Å². The molecule has 0 radical (unpaired) electrons. The molecular formula is C7H13IO. The molecule has 0 aliphatic carbocycles. The van der Waals surface area contributed by atoms with Crippen LogP contribution in [0.25, 0.3) is 0 Å². The highest BCUT2D eigenvalue weighted by atomic mass is 127. The van der Waals surface area contributed by atoms with Crippen LogP contribution in [0.3, 0.4) is 0 Å². The van der Waals surface area contributed by atoms with Crippen molar-refractivity contribution in [2.75, 3.05) is 6.61 Å². The van der Waals surface area contributed by atoms with Crippen molar-refractivity contribution in [3.8, 4) is 0 Å². The lowest BCUT2D eigenvalue weighted by Gasteiger charge is -1.91. The van der Waals surface area contributed by atoms with Gasteiger partial charge in [-0.1, -0.05) is 35.1 Å². The molecule has 0 aliphatic rings. The largest absolute Gasteiger partial charge is 0.396 e. The van der Waals surface area contributed by atoms with Crippen LogP contribution in [0.4, 0.5) is 0 Å². The Morgan fingerprint density at radius 3 is 2.56 bits per heavy atom. The van der Waals surface area contributed by atoms with Crippen molar-refractivity contribution < 1.29 is 5.11 Å². The zero-order valence-electron chi connectivity index (χ0n) is 5.52. The molecule has 0 fully saturated rings. The Morgan fingerprint density at radius 2 is 2.00 bits per heavy atom. The van der Waals surface area contributed by atoms with E-state index in [-0.39, 0.29) is 0 Å². The van der Waals surface area contributed by atoms with Crippen LogP contribution in [0.5, 0.6) is 0 Å². The second kappa shape index (κ2) is 8.43. The molecule has 9 heavy (non-hydrogen) atoms. The number of hydrogen-bond donors (Lipinski definition) is 1. The van der Waals surface area contributed by atoms with Crippen molar-refractivity contribution in [1.82, 2.24) is 0 Å². The maximum absolute atomic E-state index is 8.40. The van der Waals surface area contributed by atoms with E-state index in [0.717, 1.165) is 19.3 Å². The van der Waals surface area contributed by atoms with Gasteiger partial charge in [-0.2, -0.15) is 0 Å². The molecule has 0 amide bonds. The van der Waals surface area contributed by atoms with Gasteiger partial charge in [-0.25, -0.2) is 0 Å². The fraction of sp³-hybridized carbons (Fsp3) is 0.714. The van der Waals surface area contributed by atoms with Gasteiger partial charge in [-0.3, -0.25) is 0 Å². The Bertz CT molecular complexity index is 71.3. The molecule has 0 aromatic carbocycles. The maximum atomic E-state index is 8.40. The maximum Gasteiger partial charge on any atom is 0.0431 e. The summed E-state index contributed by atoms with van der Waals surface area (Å²) in [6.07, 6.45) is 6.62. The minimum Gasteiger partial charge on any atom is -0.396 e. The molecule has 2 heteroatoms. The molecule has 0 saturated carbocycles. The Labute approximate surface area is 70.3 Å². The molecule has 0 aromatic rings. The van der Waals surface area contributed by atoms with Crippen LogP contribution in [-0.4, -0.2) is 11.7 Å². The van der Waals surface area contributed by atoms with E-state index in [2.05, 4.69) is 28.7 Å². The molecule has 0 heterocycles. The van der Waals surface area contributed by atoms with Crippen molar-refractivity contribution in [1.29, 1.82) is 0 Å². The minimum atomic E-state index is 0.341. The number of rotatable bonds is 5. The lowest BCUT2D eigenvalue weighted by atomic mass is 10.2. The first kappa shape index (κ1) is 9.43. The smallest absolute Gasteiger partial charge is 0.0431 e. The molecular weight excluding hydrogens is 227 g/mol. The van der Waals surface area contributed by atoms with E-state index < -0.39 is 0 Å². The molecule has 0 rings (SSSR count). The SMILES string of the molecule is OCCCCC/C=C\I. The van der Waals surface area contributed by atoms with E-state index in [4.69, 9.17) is 5.11 Å². The molecule has 0 unspecified atom stereocenters. The fourth-order valence-corrected chi connectivity index (χ4v) is 0.973. The zero-order valence-corrected chi connectivity index (χ0v) is 7.67. The number of unbranched alkanes of at least 4 members (excludes halogenated alkanes) is 3. The molecule has 54 valence electrons. The van der Waals surface area contributed by atoms with E-state index in [1.165, 1.54) is 6.42 Å². The first-order valence-corrected chi connectivity index (χ1v) is 4.52. The lowest BCUT2D eigenvalue weighted by Crippen LogP contribution is -1.81. The monoisotopic (exact) mass is 240 g/mol. The second-order valence-corrected chi connectivity index (χ2v) is 2.65. The Balaban J connectivity index is 2.75. The number of allylic oxidation sites excluding steroid dienone is 1. The third-order valence-electron chi connectivity index (χ3n) is 1.12. The van der Waals surface area contributed by atoms with E-state index in [9.17, 15) is 0 Å². The van der Waals surface area contributed by atoms with Gasteiger partial charge >= 0.3 is 0 Å². The number of hydrogen-bond acceptors (Lipinski definition) is 1. The van der Waals surface area contributed by atoms with Gasteiger partial charge in [0.15, 0.2) is 0 Å². The summed E-state index contributed by atoms with van der Waals surface area (Å²) in [6, 6.07) is 0. The van der Waals surface area contributed by atoms with Crippen molar-refractivity contribution >= 4 is 22.6 Å². The van der Waals surface area contributed by atoms with Crippen LogP contribution >= 0.6 is 22.6 Å². The number of aliphatic hydroxyl groups is 1. The highest BCUT2D eigenvalue weighted by Gasteiger charge is 1.83. The quantitative estimate of drug-likeness (QED) is 0.578. The summed E-state index contributed by atoms with van der Waals surface area (Å²) in [7, 11) is 0. The fourth-order valence-electron chi connectivity index (χ4n) is 0.614. The minimum absolute atomic E-state index is 0.341. The Kier molecular flexibility index (Phi) is 8.83. The van der Waals surface area contributed by atoms with Gasteiger partial charge in [-0.05, 0) is 23.3 Å². The van der Waals surface area contributed by atoms with E-state index >= 15 is 0 Å². The van der Waals surface area contributed by atoms with Gasteiger partial charge in [0.05, 0.1) is 0 Å². The topological polar surface area (TPSA) is 20.2 Å². The van der Waals surface area contributed by atoms with E-state index in [1.807, 2.05) is 4.08 Å². The van der Waals surface area contributed by atoms with Crippen molar-refractivity contribution in [2.24, 2.45) is 0 Å². The Morgan fingerprint density at radius 1 is 1.22 bits per heavy atom. The highest BCUT2D eigenvalue weighted by Crippen LogP contribution is 2.00. The van der Waals surface area contributed by atoms with Crippen molar-refractivity contribution in [3.05, 3.63) is 10.2 Å². The van der Waals surface area contributed by atoms with E-state index in [1.54, 1.807) is 0 Å². The van der Waals surface area contributed by atoms with Gasteiger partial charge in [0.2, 0.25) is 0 Å². The third-order valence-corrected chi connectivity index (χ3v) is 1.63.